The van der Waals surface area contributed by atoms with Gasteiger partial charge in [-0.05, 0) is 86.7 Å². The molecule has 172 valence electrons. The Bertz CT molecular complexity index is 1240. The van der Waals surface area contributed by atoms with Gasteiger partial charge in [0.1, 0.15) is 11.8 Å². The SMILES string of the molecule is CC(C)Oc1ccc(N2C(=S)N[C@H](c3ccccn3)[C@H]2c2cccn2Cc2ccccn2)cc1. The van der Waals surface area contributed by atoms with Crippen molar-refractivity contribution in [3.63, 3.8) is 0 Å². The average Bonchev–Trinajstić information content (AvgIpc) is 3.44. The molecule has 0 bridgehead atoms. The van der Waals surface area contributed by atoms with E-state index in [4.69, 9.17) is 17.0 Å². The third-order valence-corrected chi connectivity index (χ3v) is 6.13. The van der Waals surface area contributed by atoms with Gasteiger partial charge in [-0.3, -0.25) is 9.97 Å². The molecule has 0 aliphatic carbocycles. The van der Waals surface area contributed by atoms with E-state index in [9.17, 15) is 0 Å². The lowest BCUT2D eigenvalue weighted by Crippen LogP contribution is -2.30. The smallest absolute Gasteiger partial charge is 0.174 e. The van der Waals surface area contributed by atoms with Crippen LogP contribution in [0, 0.1) is 0 Å². The molecule has 6 nitrogen and oxygen atoms in total. The van der Waals surface area contributed by atoms with Gasteiger partial charge in [0.05, 0.1) is 30.1 Å². The lowest BCUT2D eigenvalue weighted by atomic mass is 10.0. The summed E-state index contributed by atoms with van der Waals surface area (Å²) in [6.45, 7) is 4.73. The molecule has 4 heterocycles. The van der Waals surface area contributed by atoms with E-state index in [-0.39, 0.29) is 18.2 Å². The van der Waals surface area contributed by atoms with E-state index < -0.39 is 0 Å². The highest BCUT2D eigenvalue weighted by Crippen LogP contribution is 2.42. The Morgan fingerprint density at radius 3 is 2.38 bits per heavy atom. The van der Waals surface area contributed by atoms with Gasteiger partial charge in [0.25, 0.3) is 0 Å². The van der Waals surface area contributed by atoms with E-state index in [1.807, 2.05) is 74.8 Å². The van der Waals surface area contributed by atoms with Gasteiger partial charge in [0.15, 0.2) is 5.11 Å². The maximum atomic E-state index is 5.86. The maximum absolute atomic E-state index is 5.86. The van der Waals surface area contributed by atoms with Crippen molar-refractivity contribution in [1.82, 2.24) is 19.9 Å². The van der Waals surface area contributed by atoms with E-state index in [2.05, 4.69) is 55.2 Å². The number of nitrogens with one attached hydrogen (secondary N) is 1. The quantitative estimate of drug-likeness (QED) is 0.371. The molecule has 0 amide bonds. The van der Waals surface area contributed by atoms with Gasteiger partial charge < -0.3 is 19.5 Å². The van der Waals surface area contributed by atoms with Crippen molar-refractivity contribution >= 4 is 23.0 Å². The first-order chi connectivity index (χ1) is 16.6. The molecule has 0 spiro atoms. The first kappa shape index (κ1) is 22.1. The van der Waals surface area contributed by atoms with E-state index >= 15 is 0 Å². The summed E-state index contributed by atoms with van der Waals surface area (Å²) in [5, 5.41) is 4.20. The number of thiocarbonyl (C=S) groups is 1. The first-order valence-electron chi connectivity index (χ1n) is 11.4. The third-order valence-electron chi connectivity index (χ3n) is 5.81. The van der Waals surface area contributed by atoms with Crippen molar-refractivity contribution in [2.75, 3.05) is 4.90 Å². The standard InChI is InChI=1S/C27H27N5OS/c1-19(2)33-22-13-11-21(12-14-22)32-26(25(30-27(32)34)23-9-4-6-16-29-23)24-10-7-17-31(24)18-20-8-3-5-15-28-20/h3-17,19,25-26H,18H2,1-2H3,(H,30,34)/t25-,26-/m1/s1. The Morgan fingerprint density at radius 2 is 1.71 bits per heavy atom. The number of nitrogens with zero attached hydrogens (tertiary/aromatic N) is 4. The van der Waals surface area contributed by atoms with Crippen molar-refractivity contribution in [3.8, 4) is 5.75 Å². The molecule has 0 saturated carbocycles. The molecule has 1 aromatic carbocycles. The van der Waals surface area contributed by atoms with Crippen LogP contribution in [0.4, 0.5) is 5.69 Å². The predicted molar refractivity (Wildman–Crippen MR) is 138 cm³/mol. The Balaban J connectivity index is 1.55. The molecule has 2 atom stereocenters. The number of aromatic nitrogens is 3. The summed E-state index contributed by atoms with van der Waals surface area (Å²) in [5.74, 6) is 0.841. The highest BCUT2D eigenvalue weighted by Gasteiger charge is 2.42. The number of benzene rings is 1. The second kappa shape index (κ2) is 9.65. The van der Waals surface area contributed by atoms with Gasteiger partial charge in [-0.25, -0.2) is 0 Å². The van der Waals surface area contributed by atoms with Crippen LogP contribution in [0.2, 0.25) is 0 Å². The Morgan fingerprint density at radius 1 is 0.941 bits per heavy atom. The fourth-order valence-corrected chi connectivity index (χ4v) is 4.74. The van der Waals surface area contributed by atoms with Gasteiger partial charge in [0.2, 0.25) is 0 Å². The van der Waals surface area contributed by atoms with Gasteiger partial charge >= 0.3 is 0 Å². The molecule has 5 rings (SSSR count). The molecule has 0 radical (unpaired) electrons. The zero-order chi connectivity index (χ0) is 23.5. The second-order valence-electron chi connectivity index (χ2n) is 8.54. The zero-order valence-electron chi connectivity index (χ0n) is 19.2. The van der Waals surface area contributed by atoms with Crippen LogP contribution in [0.1, 0.15) is 43.0 Å². The van der Waals surface area contributed by atoms with Gasteiger partial charge in [0, 0.05) is 30.0 Å². The first-order valence-corrected chi connectivity index (χ1v) is 11.8. The summed E-state index contributed by atoms with van der Waals surface area (Å²) in [7, 11) is 0. The van der Waals surface area contributed by atoms with Crippen LogP contribution in [0.25, 0.3) is 0 Å². The van der Waals surface area contributed by atoms with Crippen molar-refractivity contribution < 1.29 is 4.74 Å². The molecule has 1 N–H and O–H groups in total. The second-order valence-corrected chi connectivity index (χ2v) is 8.93. The molecule has 1 aliphatic heterocycles. The maximum Gasteiger partial charge on any atom is 0.174 e. The van der Waals surface area contributed by atoms with Crippen LogP contribution in [-0.4, -0.2) is 25.8 Å². The summed E-state index contributed by atoms with van der Waals surface area (Å²) in [6, 6.07) is 24.1. The molecule has 7 heteroatoms. The molecular weight excluding hydrogens is 442 g/mol. The van der Waals surface area contributed by atoms with Crippen molar-refractivity contribution in [3.05, 3.63) is 108 Å². The molecule has 34 heavy (non-hydrogen) atoms. The molecule has 1 saturated heterocycles. The van der Waals surface area contributed by atoms with Gasteiger partial charge in [-0.1, -0.05) is 12.1 Å². The average molecular weight is 470 g/mol. The summed E-state index contributed by atoms with van der Waals surface area (Å²) >= 11 is 5.86. The van der Waals surface area contributed by atoms with Crippen molar-refractivity contribution in [1.29, 1.82) is 0 Å². The molecule has 1 fully saturated rings. The highest BCUT2D eigenvalue weighted by molar-refractivity contribution is 7.80. The summed E-state index contributed by atoms with van der Waals surface area (Å²) in [6.07, 6.45) is 5.87. The highest BCUT2D eigenvalue weighted by atomic mass is 32.1. The number of hydrogen-bond acceptors (Lipinski definition) is 4. The number of hydrogen-bond donors (Lipinski definition) is 1. The largest absolute Gasteiger partial charge is 0.491 e. The Hall–Kier alpha value is -3.71. The molecule has 3 aromatic heterocycles. The minimum Gasteiger partial charge on any atom is -0.491 e. The Labute approximate surface area is 205 Å². The van der Waals surface area contributed by atoms with E-state index in [0.717, 1.165) is 28.5 Å². The van der Waals surface area contributed by atoms with E-state index in [0.29, 0.717) is 11.7 Å². The number of anilines is 1. The van der Waals surface area contributed by atoms with Crippen LogP contribution in [0.3, 0.4) is 0 Å². The van der Waals surface area contributed by atoms with Crippen molar-refractivity contribution in [2.45, 2.75) is 38.6 Å². The normalized spacial score (nSPS) is 17.7. The fraction of sp³-hybridized carbons (Fsp3) is 0.222. The number of ether oxygens (including phenoxy) is 1. The lowest BCUT2D eigenvalue weighted by Gasteiger charge is -2.29. The van der Waals surface area contributed by atoms with Crippen LogP contribution in [0.5, 0.6) is 5.75 Å². The molecule has 0 unspecified atom stereocenters. The molecular formula is C27H27N5OS. The van der Waals surface area contributed by atoms with Crippen LogP contribution in [-0.2, 0) is 6.54 Å². The van der Waals surface area contributed by atoms with Crippen LogP contribution < -0.4 is 15.0 Å². The predicted octanol–water partition coefficient (Wildman–Crippen LogP) is 5.29. The zero-order valence-corrected chi connectivity index (χ0v) is 20.0. The minimum atomic E-state index is -0.0994. The fourth-order valence-electron chi connectivity index (χ4n) is 4.40. The summed E-state index contributed by atoms with van der Waals surface area (Å²) in [5.41, 5.74) is 4.09. The Kier molecular flexibility index (Phi) is 6.27. The molecule has 4 aromatic rings. The van der Waals surface area contributed by atoms with Crippen LogP contribution >= 0.6 is 12.2 Å². The van der Waals surface area contributed by atoms with Crippen molar-refractivity contribution in [2.24, 2.45) is 0 Å². The lowest BCUT2D eigenvalue weighted by molar-refractivity contribution is 0.242. The minimum absolute atomic E-state index is 0.0852. The van der Waals surface area contributed by atoms with Crippen LogP contribution in [0.15, 0.2) is 91.4 Å². The third kappa shape index (κ3) is 4.52. The topological polar surface area (TPSA) is 55.2 Å². The summed E-state index contributed by atoms with van der Waals surface area (Å²) < 4.78 is 8.08. The number of rotatable bonds is 7. The van der Waals surface area contributed by atoms with E-state index in [1.165, 1.54) is 0 Å². The van der Waals surface area contributed by atoms with Gasteiger partial charge in [-0.2, -0.15) is 0 Å². The number of pyridine rings is 2. The molecule has 1 aliphatic rings. The monoisotopic (exact) mass is 469 g/mol. The summed E-state index contributed by atoms with van der Waals surface area (Å²) in [4.78, 5) is 11.4. The van der Waals surface area contributed by atoms with Gasteiger partial charge in [-0.15, -0.1) is 0 Å². The van der Waals surface area contributed by atoms with E-state index in [1.54, 1.807) is 0 Å².